The lowest BCUT2D eigenvalue weighted by molar-refractivity contribution is -0.384. The van der Waals surface area contributed by atoms with Crippen molar-refractivity contribution in [1.82, 2.24) is 19.5 Å². The van der Waals surface area contributed by atoms with Crippen molar-refractivity contribution in [2.75, 3.05) is 36.9 Å². The highest BCUT2D eigenvalue weighted by Crippen LogP contribution is 2.32. The average molecular weight is 554 g/mol. The molecule has 2 atom stereocenters. The Morgan fingerprint density at radius 3 is 2.73 bits per heavy atom. The van der Waals surface area contributed by atoms with Gasteiger partial charge in [0.15, 0.2) is 11.5 Å². The number of hydrogen-bond donors (Lipinski definition) is 2. The Morgan fingerprint density at radius 2 is 2.08 bits per heavy atom. The summed E-state index contributed by atoms with van der Waals surface area (Å²) in [4.78, 5) is 32.6. The van der Waals surface area contributed by atoms with Crippen LogP contribution < -0.4 is 10.2 Å². The number of aliphatic hydroxyl groups is 1. The van der Waals surface area contributed by atoms with Gasteiger partial charge in [0, 0.05) is 42.9 Å². The van der Waals surface area contributed by atoms with E-state index in [2.05, 4.69) is 29.0 Å². The number of carbonyl (C=O) groups excluding carboxylic acids is 1. The van der Waals surface area contributed by atoms with Gasteiger partial charge in [-0.1, -0.05) is 26.0 Å². The first-order chi connectivity index (χ1) is 18.8. The second-order valence-corrected chi connectivity index (χ2v) is 11.7. The predicted octanol–water partition coefficient (Wildman–Crippen LogP) is 4.43. The molecular weight excluding hydrogens is 514 g/mol. The van der Waals surface area contributed by atoms with E-state index >= 15 is 0 Å². The van der Waals surface area contributed by atoms with E-state index in [0.717, 1.165) is 18.5 Å². The van der Waals surface area contributed by atoms with Gasteiger partial charge >= 0.3 is 6.09 Å². The maximum absolute atomic E-state index is 13.5. The number of nitro benzene ring substituents is 1. The number of non-ortho nitro benzene ring substituents is 1. The minimum atomic E-state index is -0.765. The predicted molar refractivity (Wildman–Crippen MR) is 153 cm³/mol. The summed E-state index contributed by atoms with van der Waals surface area (Å²) in [7, 11) is 2.00. The van der Waals surface area contributed by atoms with Crippen LogP contribution in [0.15, 0.2) is 36.5 Å². The molecule has 1 saturated heterocycles. The number of nitrogens with one attached hydrogen (secondary N) is 1. The second-order valence-electron chi connectivity index (χ2n) is 11.7. The standard InChI is InChI=1S/C28H39N7O5/c1-18(2)24-25(30-15-20-11-13-32(6)17-22(20)36)31-34-23(10-12-29-26(24)34)33(27(37)40-28(3,4)5)16-19-8-7-9-21(14-19)35(38)39/h7-10,12,14,18,20,22,36H,11,13,15-17H2,1-6H3,(H,30,31)/t20-,22+/m1/s1. The number of amides is 1. The lowest BCUT2D eigenvalue weighted by Crippen LogP contribution is -2.44. The van der Waals surface area contributed by atoms with E-state index in [0.29, 0.717) is 35.9 Å². The van der Waals surface area contributed by atoms with Crippen LogP contribution in [0.2, 0.25) is 0 Å². The van der Waals surface area contributed by atoms with Gasteiger partial charge in [0.1, 0.15) is 11.4 Å². The number of rotatable bonds is 8. The molecule has 0 aliphatic carbocycles. The average Bonchev–Trinajstić information content (AvgIpc) is 3.25. The normalized spacial score (nSPS) is 18.2. The molecule has 3 heterocycles. The van der Waals surface area contributed by atoms with Crippen LogP contribution in [0.5, 0.6) is 0 Å². The molecule has 1 aromatic carbocycles. The Kier molecular flexibility index (Phi) is 8.59. The van der Waals surface area contributed by atoms with Gasteiger partial charge in [-0.15, -0.1) is 5.10 Å². The maximum atomic E-state index is 13.5. The number of ether oxygens (including phenoxy) is 1. The van der Waals surface area contributed by atoms with E-state index in [9.17, 15) is 20.0 Å². The zero-order chi connectivity index (χ0) is 29.2. The third-order valence-corrected chi connectivity index (χ3v) is 6.92. The Bertz CT molecular complexity index is 1370. The quantitative estimate of drug-likeness (QED) is 0.306. The van der Waals surface area contributed by atoms with Gasteiger partial charge in [-0.2, -0.15) is 4.52 Å². The number of aliphatic hydroxyl groups excluding tert-OH is 1. The van der Waals surface area contributed by atoms with Crippen molar-refractivity contribution in [2.24, 2.45) is 5.92 Å². The van der Waals surface area contributed by atoms with Crippen molar-refractivity contribution in [3.63, 3.8) is 0 Å². The molecule has 1 aliphatic heterocycles. The molecule has 12 nitrogen and oxygen atoms in total. The molecule has 12 heteroatoms. The first kappa shape index (κ1) is 29.2. The molecule has 4 rings (SSSR count). The molecule has 0 spiro atoms. The molecule has 0 bridgehead atoms. The van der Waals surface area contributed by atoms with Crippen molar-refractivity contribution in [3.8, 4) is 0 Å². The Hall–Kier alpha value is -3.77. The summed E-state index contributed by atoms with van der Waals surface area (Å²) in [6.45, 7) is 11.6. The Balaban J connectivity index is 1.74. The number of nitrogens with zero attached hydrogens (tertiary/aromatic N) is 6. The lowest BCUT2D eigenvalue weighted by Gasteiger charge is -2.33. The van der Waals surface area contributed by atoms with Crippen LogP contribution in [0.3, 0.4) is 0 Å². The molecule has 2 N–H and O–H groups in total. The maximum Gasteiger partial charge on any atom is 0.416 e. The Morgan fingerprint density at radius 1 is 1.32 bits per heavy atom. The van der Waals surface area contributed by atoms with Gasteiger partial charge in [-0.3, -0.25) is 15.0 Å². The van der Waals surface area contributed by atoms with Crippen molar-refractivity contribution < 1.29 is 19.6 Å². The molecule has 1 fully saturated rings. The van der Waals surface area contributed by atoms with Crippen molar-refractivity contribution in [2.45, 2.75) is 65.2 Å². The summed E-state index contributed by atoms with van der Waals surface area (Å²) in [5, 5.41) is 30.2. The van der Waals surface area contributed by atoms with Gasteiger partial charge in [0.2, 0.25) is 0 Å². The zero-order valence-corrected chi connectivity index (χ0v) is 24.0. The first-order valence-electron chi connectivity index (χ1n) is 13.6. The summed E-state index contributed by atoms with van der Waals surface area (Å²) < 4.78 is 7.34. The summed E-state index contributed by atoms with van der Waals surface area (Å²) in [5.41, 5.74) is 1.22. The van der Waals surface area contributed by atoms with E-state index in [1.165, 1.54) is 17.0 Å². The highest BCUT2D eigenvalue weighted by Gasteiger charge is 2.30. The topological polar surface area (TPSA) is 138 Å². The van der Waals surface area contributed by atoms with Crippen LogP contribution in [0.1, 0.15) is 58.1 Å². The van der Waals surface area contributed by atoms with Crippen LogP contribution in [0.25, 0.3) is 5.65 Å². The van der Waals surface area contributed by atoms with Crippen molar-refractivity contribution in [3.05, 3.63) is 57.8 Å². The van der Waals surface area contributed by atoms with E-state index < -0.39 is 22.7 Å². The second kappa shape index (κ2) is 11.8. The van der Waals surface area contributed by atoms with Crippen molar-refractivity contribution in [1.29, 1.82) is 0 Å². The monoisotopic (exact) mass is 553 g/mol. The third-order valence-electron chi connectivity index (χ3n) is 6.92. The number of hydrogen-bond acceptors (Lipinski definition) is 9. The molecule has 1 amide bonds. The zero-order valence-electron chi connectivity index (χ0n) is 24.0. The number of fused-ring (bicyclic) bond motifs is 1. The van der Waals surface area contributed by atoms with Gasteiger partial charge in [-0.25, -0.2) is 9.78 Å². The molecule has 216 valence electrons. The molecule has 3 aromatic rings. The van der Waals surface area contributed by atoms with Gasteiger partial charge in [0.25, 0.3) is 5.69 Å². The minimum absolute atomic E-state index is 0.0249. The molecule has 40 heavy (non-hydrogen) atoms. The highest BCUT2D eigenvalue weighted by atomic mass is 16.6. The molecule has 0 saturated carbocycles. The fraction of sp³-hybridized carbons (Fsp3) is 0.536. The number of carbonyl (C=O) groups is 1. The van der Waals surface area contributed by atoms with Crippen LogP contribution in [-0.4, -0.2) is 74.0 Å². The van der Waals surface area contributed by atoms with Gasteiger partial charge in [-0.05, 0) is 58.3 Å². The smallest absolute Gasteiger partial charge is 0.416 e. The van der Waals surface area contributed by atoms with E-state index in [-0.39, 0.29) is 24.1 Å². The van der Waals surface area contributed by atoms with E-state index in [1.807, 2.05) is 7.05 Å². The summed E-state index contributed by atoms with van der Waals surface area (Å²) in [5.74, 6) is 1.21. The number of benzene rings is 1. The number of nitro groups is 1. The largest absolute Gasteiger partial charge is 0.443 e. The fourth-order valence-corrected chi connectivity index (χ4v) is 4.93. The van der Waals surface area contributed by atoms with Crippen molar-refractivity contribution >= 4 is 29.1 Å². The lowest BCUT2D eigenvalue weighted by atomic mass is 9.94. The van der Waals surface area contributed by atoms with Crippen LogP contribution in [-0.2, 0) is 11.3 Å². The molecular formula is C28H39N7O5. The molecule has 2 aromatic heterocycles. The first-order valence-corrected chi connectivity index (χ1v) is 13.6. The van der Waals surface area contributed by atoms with Gasteiger partial charge in [0.05, 0.1) is 17.6 Å². The molecule has 0 radical (unpaired) electrons. The third kappa shape index (κ3) is 6.68. The number of likely N-dealkylation sites (N-methyl/N-ethyl adjacent to an activating group) is 1. The number of likely N-dealkylation sites (tertiary alicyclic amines) is 1. The van der Waals surface area contributed by atoms with Crippen LogP contribution in [0.4, 0.5) is 22.1 Å². The fourth-order valence-electron chi connectivity index (χ4n) is 4.93. The van der Waals surface area contributed by atoms with Crippen LogP contribution >= 0.6 is 0 Å². The summed E-state index contributed by atoms with van der Waals surface area (Å²) >= 11 is 0. The summed E-state index contributed by atoms with van der Waals surface area (Å²) in [6, 6.07) is 7.85. The Labute approximate surface area is 234 Å². The number of β-amino-alcohol motifs (C(OH)–C–C–N with tert-alkyl or cyclic N) is 1. The van der Waals surface area contributed by atoms with Crippen LogP contribution in [0, 0.1) is 16.0 Å². The van der Waals surface area contributed by atoms with E-state index in [1.54, 1.807) is 49.7 Å². The van der Waals surface area contributed by atoms with E-state index in [4.69, 9.17) is 9.84 Å². The molecule has 1 aliphatic rings. The number of aromatic nitrogens is 3. The minimum Gasteiger partial charge on any atom is -0.443 e. The summed E-state index contributed by atoms with van der Waals surface area (Å²) in [6.07, 6.45) is 1.44. The molecule has 0 unspecified atom stereocenters. The SMILES string of the molecule is CC(C)c1c(NC[C@H]2CCN(C)C[C@@H]2O)nn2c(N(Cc3cccc([N+](=O)[O-])c3)C(=O)OC(C)(C)C)ccnc12. The number of anilines is 2. The highest BCUT2D eigenvalue weighted by molar-refractivity contribution is 5.87. The number of piperidine rings is 1. The van der Waals surface area contributed by atoms with Gasteiger partial charge < -0.3 is 20.1 Å².